The topological polar surface area (TPSA) is 97.9 Å². The fraction of sp³-hybridized carbons (Fsp3) is 0.280. The minimum absolute atomic E-state index is 0.207. The van der Waals surface area contributed by atoms with Crippen molar-refractivity contribution in [1.29, 1.82) is 10.5 Å². The molecule has 0 aliphatic carbocycles. The smallest absolute Gasteiger partial charge is 0.238 e. The lowest BCUT2D eigenvalue weighted by Gasteiger charge is -2.34. The number of aromatic nitrogens is 2. The number of rotatable bonds is 5. The van der Waals surface area contributed by atoms with E-state index in [1.165, 1.54) is 0 Å². The quantitative estimate of drug-likeness (QED) is 0.418. The van der Waals surface area contributed by atoms with E-state index >= 15 is 0 Å². The van der Waals surface area contributed by atoms with Gasteiger partial charge in [0.15, 0.2) is 0 Å². The first-order valence-corrected chi connectivity index (χ1v) is 12.0. The minimum Gasteiger partial charge on any atom is -0.437 e. The Morgan fingerprint density at radius 1 is 1.06 bits per heavy atom. The molecule has 0 spiro atoms. The molecule has 0 bridgehead atoms. The first kappa shape index (κ1) is 23.8. The Morgan fingerprint density at radius 3 is 2.35 bits per heavy atom. The molecule has 3 aromatic rings. The molecular weight excluding hydrogens is 516 g/mol. The first-order chi connectivity index (χ1) is 16.4. The third-order valence-electron chi connectivity index (χ3n) is 5.71. The van der Waals surface area contributed by atoms with E-state index in [1.54, 1.807) is 24.4 Å². The molecule has 2 heterocycles. The van der Waals surface area contributed by atoms with Gasteiger partial charge in [0.1, 0.15) is 5.75 Å². The lowest BCUT2D eigenvalue weighted by molar-refractivity contribution is 0.450. The first-order valence-electron chi connectivity index (χ1n) is 10.8. The van der Waals surface area contributed by atoms with E-state index in [0.29, 0.717) is 38.2 Å². The maximum absolute atomic E-state index is 9.20. The second kappa shape index (κ2) is 10.3. The number of aryl methyl sites for hydroxylation is 2. The Morgan fingerprint density at radius 2 is 1.71 bits per heavy atom. The van der Waals surface area contributed by atoms with Crippen LogP contribution in [0.15, 0.2) is 41.0 Å². The van der Waals surface area contributed by atoms with Gasteiger partial charge in [0.2, 0.25) is 11.8 Å². The molecule has 0 amide bonds. The maximum Gasteiger partial charge on any atom is 0.238 e. The van der Waals surface area contributed by atoms with E-state index in [-0.39, 0.29) is 6.04 Å². The normalized spacial score (nSPS) is 13.8. The molecule has 1 aromatic heterocycles. The summed E-state index contributed by atoms with van der Waals surface area (Å²) in [6, 6.07) is 13.6. The van der Waals surface area contributed by atoms with E-state index in [4.69, 9.17) is 16.3 Å². The van der Waals surface area contributed by atoms with Gasteiger partial charge in [-0.3, -0.25) is 0 Å². The van der Waals surface area contributed by atoms with E-state index in [2.05, 4.69) is 48.3 Å². The zero-order valence-electron chi connectivity index (χ0n) is 18.8. The molecule has 1 N–H and O–H groups in total. The number of ether oxygens (including phenoxy) is 1. The molecule has 9 heteroatoms. The van der Waals surface area contributed by atoms with Crippen molar-refractivity contribution in [2.45, 2.75) is 32.7 Å². The molecule has 2 aromatic carbocycles. The highest BCUT2D eigenvalue weighted by molar-refractivity contribution is 9.10. The maximum atomic E-state index is 9.20. The summed E-state index contributed by atoms with van der Waals surface area (Å²) in [5.74, 6) is 1.58. The average Bonchev–Trinajstić information content (AvgIpc) is 2.83. The van der Waals surface area contributed by atoms with E-state index in [9.17, 15) is 10.5 Å². The van der Waals surface area contributed by atoms with Crippen LogP contribution in [0.5, 0.6) is 11.6 Å². The van der Waals surface area contributed by atoms with E-state index < -0.39 is 0 Å². The number of nitrogens with one attached hydrogen (secondary N) is 1. The number of hydrogen-bond donors (Lipinski definition) is 1. The van der Waals surface area contributed by atoms with Crippen molar-refractivity contribution in [1.82, 2.24) is 9.97 Å². The van der Waals surface area contributed by atoms with Crippen LogP contribution < -0.4 is 15.0 Å². The van der Waals surface area contributed by atoms with Crippen molar-refractivity contribution in [3.05, 3.63) is 68.3 Å². The SMILES string of the molecule is Cc1cc(C#N)cc(C)c1Oc1nc(NC2CCN(c3cc(Cl)cc(C#N)c3)CC2)ncc1Br. The Balaban J connectivity index is 1.43. The molecule has 1 aliphatic heterocycles. The number of benzene rings is 2. The van der Waals surface area contributed by atoms with Crippen molar-refractivity contribution in [3.8, 4) is 23.8 Å². The zero-order chi connectivity index (χ0) is 24.2. The van der Waals surface area contributed by atoms with Gasteiger partial charge >= 0.3 is 0 Å². The number of nitriles is 2. The molecular formula is C25H22BrClN6O. The highest BCUT2D eigenvalue weighted by Crippen LogP contribution is 2.33. The van der Waals surface area contributed by atoms with Gasteiger partial charge < -0.3 is 15.0 Å². The molecule has 0 radical (unpaired) electrons. The monoisotopic (exact) mass is 536 g/mol. The van der Waals surface area contributed by atoms with Gasteiger partial charge in [0.25, 0.3) is 0 Å². The van der Waals surface area contributed by atoms with Crippen LogP contribution in [0.3, 0.4) is 0 Å². The van der Waals surface area contributed by atoms with Crippen LogP contribution >= 0.6 is 27.5 Å². The summed E-state index contributed by atoms with van der Waals surface area (Å²) >= 11 is 9.64. The van der Waals surface area contributed by atoms with Gasteiger partial charge in [-0.15, -0.1) is 0 Å². The van der Waals surface area contributed by atoms with Crippen molar-refractivity contribution in [2.24, 2.45) is 0 Å². The predicted octanol–water partition coefficient (Wildman–Crippen LogP) is 6.13. The molecule has 0 atom stereocenters. The van der Waals surface area contributed by atoms with Gasteiger partial charge in [-0.25, -0.2) is 4.98 Å². The molecule has 34 heavy (non-hydrogen) atoms. The van der Waals surface area contributed by atoms with Crippen molar-refractivity contribution in [2.75, 3.05) is 23.3 Å². The third-order valence-corrected chi connectivity index (χ3v) is 6.47. The second-order valence-corrected chi connectivity index (χ2v) is 9.51. The average molecular weight is 538 g/mol. The van der Waals surface area contributed by atoms with Gasteiger partial charge in [0, 0.05) is 29.8 Å². The lowest BCUT2D eigenvalue weighted by Crippen LogP contribution is -2.39. The number of nitrogens with zero attached hydrogens (tertiary/aromatic N) is 5. The third kappa shape index (κ3) is 5.41. The standard InChI is InChI=1S/C25H22BrClN6O/c1-15-7-17(12-28)8-16(2)23(15)34-24-22(26)14-30-25(32-24)31-20-3-5-33(6-4-20)21-10-18(13-29)9-19(27)11-21/h7-11,14,20H,3-6H2,1-2H3,(H,30,31,32). The van der Waals surface area contributed by atoms with Crippen LogP contribution in [0.1, 0.15) is 35.1 Å². The summed E-state index contributed by atoms with van der Waals surface area (Å²) in [4.78, 5) is 11.2. The molecule has 0 saturated carbocycles. The van der Waals surface area contributed by atoms with Gasteiger partial charge in [-0.2, -0.15) is 15.5 Å². The molecule has 1 fully saturated rings. The van der Waals surface area contributed by atoms with Crippen LogP contribution in [-0.4, -0.2) is 29.1 Å². The molecule has 172 valence electrons. The van der Waals surface area contributed by atoms with Crippen LogP contribution in [0, 0.1) is 36.5 Å². The van der Waals surface area contributed by atoms with Crippen LogP contribution in [0.4, 0.5) is 11.6 Å². The molecule has 1 aliphatic rings. The van der Waals surface area contributed by atoms with Crippen molar-refractivity contribution in [3.63, 3.8) is 0 Å². The van der Waals surface area contributed by atoms with Crippen LogP contribution in [0.2, 0.25) is 5.02 Å². The Hall–Kier alpha value is -3.33. The zero-order valence-corrected chi connectivity index (χ0v) is 21.1. The molecule has 1 saturated heterocycles. The fourth-order valence-corrected chi connectivity index (χ4v) is 4.55. The summed E-state index contributed by atoms with van der Waals surface area (Å²) in [6.45, 7) is 5.47. The summed E-state index contributed by atoms with van der Waals surface area (Å²) in [7, 11) is 0. The van der Waals surface area contributed by atoms with Gasteiger partial charge in [0.05, 0.1) is 33.9 Å². The van der Waals surface area contributed by atoms with Gasteiger partial charge in [-0.05, 0) is 84.1 Å². The molecule has 7 nitrogen and oxygen atoms in total. The largest absolute Gasteiger partial charge is 0.437 e. The number of piperidine rings is 1. The number of halogens is 2. The Labute approximate surface area is 212 Å². The van der Waals surface area contributed by atoms with Crippen LogP contribution in [-0.2, 0) is 0 Å². The summed E-state index contributed by atoms with van der Waals surface area (Å²) in [5, 5.41) is 22.4. The minimum atomic E-state index is 0.207. The number of anilines is 2. The van der Waals surface area contributed by atoms with E-state index in [1.807, 2.05) is 26.0 Å². The Kier molecular flexibility index (Phi) is 7.21. The lowest BCUT2D eigenvalue weighted by atomic mass is 10.0. The highest BCUT2D eigenvalue weighted by atomic mass is 79.9. The van der Waals surface area contributed by atoms with Crippen LogP contribution in [0.25, 0.3) is 0 Å². The second-order valence-electron chi connectivity index (χ2n) is 8.22. The predicted molar refractivity (Wildman–Crippen MR) is 135 cm³/mol. The molecule has 4 rings (SSSR count). The van der Waals surface area contributed by atoms with E-state index in [0.717, 1.165) is 42.7 Å². The molecule has 0 unspecified atom stereocenters. The van der Waals surface area contributed by atoms with Gasteiger partial charge in [-0.1, -0.05) is 11.6 Å². The number of hydrogen-bond acceptors (Lipinski definition) is 7. The fourth-order valence-electron chi connectivity index (χ4n) is 4.05. The van der Waals surface area contributed by atoms with Crippen molar-refractivity contribution >= 4 is 39.2 Å². The summed E-state index contributed by atoms with van der Waals surface area (Å²) < 4.78 is 6.76. The highest BCUT2D eigenvalue weighted by Gasteiger charge is 2.21. The summed E-state index contributed by atoms with van der Waals surface area (Å²) in [5.41, 5.74) is 3.85. The van der Waals surface area contributed by atoms with Crippen molar-refractivity contribution < 1.29 is 4.74 Å². The summed E-state index contributed by atoms with van der Waals surface area (Å²) in [6.07, 6.45) is 3.44. The Bertz CT molecular complexity index is 1280.